The van der Waals surface area contributed by atoms with Crippen LogP contribution in [0, 0.1) is 0 Å². The molecular formula is C20H21N5O2. The van der Waals surface area contributed by atoms with Crippen LogP contribution >= 0.6 is 0 Å². The molecule has 0 spiro atoms. The van der Waals surface area contributed by atoms with Gasteiger partial charge in [-0.2, -0.15) is 5.10 Å². The predicted molar refractivity (Wildman–Crippen MR) is 99.1 cm³/mol. The highest BCUT2D eigenvalue weighted by Gasteiger charge is 2.49. The second-order valence-electron chi connectivity index (χ2n) is 6.89. The van der Waals surface area contributed by atoms with Gasteiger partial charge in [0.15, 0.2) is 11.6 Å². The average Bonchev–Trinajstić information content (AvgIpc) is 3.39. The van der Waals surface area contributed by atoms with Gasteiger partial charge in [-0.15, -0.1) is 0 Å². The lowest BCUT2D eigenvalue weighted by Gasteiger charge is -2.11. The Morgan fingerprint density at radius 2 is 2.04 bits per heavy atom. The monoisotopic (exact) mass is 363 g/mol. The van der Waals surface area contributed by atoms with Gasteiger partial charge in [0, 0.05) is 6.20 Å². The molecule has 0 aliphatic heterocycles. The maximum Gasteiger partial charge on any atom is 0.325 e. The second-order valence-corrected chi connectivity index (χ2v) is 6.89. The van der Waals surface area contributed by atoms with Crippen molar-refractivity contribution in [2.24, 2.45) is 0 Å². The van der Waals surface area contributed by atoms with Crippen LogP contribution in [0.15, 0.2) is 42.9 Å². The molecule has 0 atom stereocenters. The van der Waals surface area contributed by atoms with Crippen LogP contribution < -0.4 is 0 Å². The van der Waals surface area contributed by atoms with Gasteiger partial charge >= 0.3 is 5.97 Å². The van der Waals surface area contributed by atoms with Crippen molar-refractivity contribution in [3.8, 4) is 11.4 Å². The number of aryl methyl sites for hydroxylation is 1. The minimum Gasteiger partial charge on any atom is -0.480 e. The summed E-state index contributed by atoms with van der Waals surface area (Å²) >= 11 is 0. The SMILES string of the molecule is CCCc1ncncc1-c1nc(C2(c3ccccc3)CC2)nn1CC(=O)O. The number of nitrogens with zero attached hydrogens (tertiary/aromatic N) is 5. The van der Waals surface area contributed by atoms with Crippen LogP contribution in [0.4, 0.5) is 0 Å². The minimum atomic E-state index is -0.953. The third-order valence-corrected chi connectivity index (χ3v) is 4.98. The van der Waals surface area contributed by atoms with E-state index in [-0.39, 0.29) is 12.0 Å². The van der Waals surface area contributed by atoms with E-state index in [9.17, 15) is 9.90 Å². The highest BCUT2D eigenvalue weighted by Crippen LogP contribution is 2.52. The molecule has 4 rings (SSSR count). The van der Waals surface area contributed by atoms with Crippen molar-refractivity contribution >= 4 is 5.97 Å². The number of carboxylic acids is 1. The van der Waals surface area contributed by atoms with Crippen molar-refractivity contribution in [3.05, 3.63) is 59.9 Å². The number of rotatable bonds is 7. The molecule has 7 heteroatoms. The Bertz CT molecular complexity index is 964. The summed E-state index contributed by atoms with van der Waals surface area (Å²) in [6.07, 6.45) is 6.84. The molecule has 1 fully saturated rings. The van der Waals surface area contributed by atoms with Gasteiger partial charge < -0.3 is 5.11 Å². The van der Waals surface area contributed by atoms with Gasteiger partial charge in [-0.1, -0.05) is 43.7 Å². The summed E-state index contributed by atoms with van der Waals surface area (Å²) in [5, 5.41) is 13.9. The molecule has 0 unspecified atom stereocenters. The van der Waals surface area contributed by atoms with E-state index in [4.69, 9.17) is 4.98 Å². The largest absolute Gasteiger partial charge is 0.480 e. The first-order valence-electron chi connectivity index (χ1n) is 9.16. The third-order valence-electron chi connectivity index (χ3n) is 4.98. The molecule has 2 heterocycles. The lowest BCUT2D eigenvalue weighted by Crippen LogP contribution is -2.14. The Morgan fingerprint density at radius 3 is 2.70 bits per heavy atom. The summed E-state index contributed by atoms with van der Waals surface area (Å²) in [5.41, 5.74) is 2.56. The fourth-order valence-corrected chi connectivity index (χ4v) is 3.48. The highest BCUT2D eigenvalue weighted by molar-refractivity contribution is 5.68. The first-order valence-corrected chi connectivity index (χ1v) is 9.16. The average molecular weight is 363 g/mol. The summed E-state index contributed by atoms with van der Waals surface area (Å²) in [6.45, 7) is 1.83. The van der Waals surface area contributed by atoms with E-state index >= 15 is 0 Å². The number of hydrogen-bond donors (Lipinski definition) is 1. The molecule has 3 aromatic rings. The Balaban J connectivity index is 1.82. The number of hydrogen-bond acceptors (Lipinski definition) is 5. The minimum absolute atomic E-state index is 0.222. The van der Waals surface area contributed by atoms with Crippen molar-refractivity contribution in [1.82, 2.24) is 24.7 Å². The van der Waals surface area contributed by atoms with Crippen molar-refractivity contribution in [1.29, 1.82) is 0 Å². The van der Waals surface area contributed by atoms with E-state index in [0.29, 0.717) is 11.6 Å². The topological polar surface area (TPSA) is 93.8 Å². The molecule has 0 radical (unpaired) electrons. The third kappa shape index (κ3) is 3.20. The van der Waals surface area contributed by atoms with Gasteiger partial charge in [-0.3, -0.25) is 4.79 Å². The van der Waals surface area contributed by atoms with Gasteiger partial charge in [0.2, 0.25) is 0 Å². The van der Waals surface area contributed by atoms with Crippen molar-refractivity contribution in [2.75, 3.05) is 0 Å². The van der Waals surface area contributed by atoms with E-state index in [1.165, 1.54) is 16.6 Å². The van der Waals surface area contributed by atoms with Crippen LogP contribution in [-0.2, 0) is 23.2 Å². The molecule has 1 aromatic carbocycles. The maximum atomic E-state index is 11.4. The van der Waals surface area contributed by atoms with Gasteiger partial charge in [0.25, 0.3) is 0 Å². The van der Waals surface area contributed by atoms with Gasteiger partial charge in [-0.05, 0) is 24.8 Å². The second kappa shape index (κ2) is 6.90. The number of aromatic nitrogens is 5. The maximum absolute atomic E-state index is 11.4. The molecule has 1 aliphatic rings. The van der Waals surface area contributed by atoms with E-state index in [0.717, 1.165) is 36.9 Å². The number of carbonyl (C=O) groups is 1. The van der Waals surface area contributed by atoms with Crippen LogP contribution in [0.1, 0.15) is 43.3 Å². The normalized spacial score (nSPS) is 14.9. The van der Waals surface area contributed by atoms with E-state index in [2.05, 4.69) is 34.1 Å². The zero-order chi connectivity index (χ0) is 18.9. The zero-order valence-electron chi connectivity index (χ0n) is 15.2. The number of benzene rings is 1. The van der Waals surface area contributed by atoms with Gasteiger partial charge in [0.05, 0.1) is 16.7 Å². The summed E-state index contributed by atoms with van der Waals surface area (Å²) < 4.78 is 1.47. The Hall–Kier alpha value is -3.09. The van der Waals surface area contributed by atoms with Crippen LogP contribution in [0.5, 0.6) is 0 Å². The van der Waals surface area contributed by atoms with Crippen LogP contribution in [0.3, 0.4) is 0 Å². The molecule has 1 aliphatic carbocycles. The zero-order valence-corrected chi connectivity index (χ0v) is 15.2. The predicted octanol–water partition coefficient (Wildman–Crippen LogP) is 2.85. The number of carboxylic acid groups (broad SMARTS) is 1. The lowest BCUT2D eigenvalue weighted by molar-refractivity contribution is -0.137. The van der Waals surface area contributed by atoms with Gasteiger partial charge in [-0.25, -0.2) is 19.6 Å². The smallest absolute Gasteiger partial charge is 0.325 e. The first kappa shape index (κ1) is 17.3. The molecule has 0 bridgehead atoms. The van der Waals surface area contributed by atoms with Crippen molar-refractivity contribution < 1.29 is 9.90 Å². The highest BCUT2D eigenvalue weighted by atomic mass is 16.4. The molecule has 0 amide bonds. The summed E-state index contributed by atoms with van der Waals surface area (Å²) in [4.78, 5) is 24.7. The number of aliphatic carboxylic acids is 1. The van der Waals surface area contributed by atoms with Crippen LogP contribution in [0.25, 0.3) is 11.4 Å². The van der Waals surface area contributed by atoms with Crippen molar-refractivity contribution in [3.63, 3.8) is 0 Å². The molecular weight excluding hydrogens is 342 g/mol. The first-order chi connectivity index (χ1) is 13.1. The van der Waals surface area contributed by atoms with Crippen molar-refractivity contribution in [2.45, 2.75) is 44.6 Å². The molecule has 7 nitrogen and oxygen atoms in total. The quantitative estimate of drug-likeness (QED) is 0.694. The molecule has 1 N–H and O–H groups in total. The lowest BCUT2D eigenvalue weighted by atomic mass is 9.95. The van der Waals surface area contributed by atoms with Gasteiger partial charge in [0.1, 0.15) is 12.9 Å². The summed E-state index contributed by atoms with van der Waals surface area (Å²) in [5.74, 6) is 0.251. The molecule has 0 saturated heterocycles. The standard InChI is InChI=1S/C20H21N5O2/c1-2-6-16-15(11-21-13-22-16)18-23-19(24-25(18)12-17(26)27)20(9-10-20)14-7-4-3-5-8-14/h3-5,7-8,11,13H,2,6,9-10,12H2,1H3,(H,26,27). The van der Waals surface area contributed by atoms with E-state index in [1.807, 2.05) is 18.2 Å². The summed E-state index contributed by atoms with van der Waals surface area (Å²) in [6, 6.07) is 10.2. The molecule has 2 aromatic heterocycles. The van der Waals surface area contributed by atoms with E-state index < -0.39 is 5.97 Å². The Labute approximate surface area is 157 Å². The summed E-state index contributed by atoms with van der Waals surface area (Å²) in [7, 11) is 0. The molecule has 27 heavy (non-hydrogen) atoms. The Kier molecular flexibility index (Phi) is 4.43. The Morgan fingerprint density at radius 1 is 1.26 bits per heavy atom. The van der Waals surface area contributed by atoms with Crippen LogP contribution in [0.2, 0.25) is 0 Å². The van der Waals surface area contributed by atoms with E-state index in [1.54, 1.807) is 6.20 Å². The molecule has 1 saturated carbocycles. The fraction of sp³-hybridized carbons (Fsp3) is 0.350. The van der Waals surface area contributed by atoms with Crippen LogP contribution in [-0.4, -0.2) is 35.8 Å². The fourth-order valence-electron chi connectivity index (χ4n) is 3.48. The molecule has 138 valence electrons.